The molecule has 0 spiro atoms. The Morgan fingerprint density at radius 1 is 1.32 bits per heavy atom. The molecule has 9 heteroatoms. The van der Waals surface area contributed by atoms with Crippen molar-refractivity contribution in [1.29, 1.82) is 0 Å². The summed E-state index contributed by atoms with van der Waals surface area (Å²) in [5.41, 5.74) is -0.762. The van der Waals surface area contributed by atoms with E-state index in [4.69, 9.17) is 4.74 Å². The molecule has 2 aliphatic heterocycles. The second-order valence-corrected chi connectivity index (χ2v) is 7.22. The quantitative estimate of drug-likeness (QED) is 0.762. The average Bonchev–Trinajstić information content (AvgIpc) is 2.70. The predicted octanol–water partition coefficient (Wildman–Crippen LogP) is -0.847. The molecule has 1 atom stereocenters. The first-order valence-electron chi connectivity index (χ1n) is 8.58. The Labute approximate surface area is 145 Å². The standard InChI is InChI=1S/C16H25N5O4/c1-16(9-25-10-16)14(23)17-11-6-4-5-7-21(13(11)22)8-12-18-20(3)15(24)19(12)2/h11H,4-10H2,1-3H3,(H,17,23). The summed E-state index contributed by atoms with van der Waals surface area (Å²) in [5, 5.41) is 7.08. The van der Waals surface area contributed by atoms with Crippen LogP contribution < -0.4 is 11.0 Å². The van der Waals surface area contributed by atoms with E-state index in [-0.39, 0.29) is 24.0 Å². The largest absolute Gasteiger partial charge is 0.379 e. The molecule has 138 valence electrons. The first kappa shape index (κ1) is 17.7. The molecule has 0 aromatic carbocycles. The highest BCUT2D eigenvalue weighted by molar-refractivity contribution is 5.90. The van der Waals surface area contributed by atoms with Gasteiger partial charge in [0, 0.05) is 20.6 Å². The van der Waals surface area contributed by atoms with Crippen LogP contribution in [0.3, 0.4) is 0 Å². The maximum atomic E-state index is 12.9. The van der Waals surface area contributed by atoms with Gasteiger partial charge in [0.15, 0.2) is 5.82 Å². The van der Waals surface area contributed by atoms with Crippen molar-refractivity contribution < 1.29 is 14.3 Å². The van der Waals surface area contributed by atoms with Crippen LogP contribution in [0.5, 0.6) is 0 Å². The van der Waals surface area contributed by atoms with E-state index in [1.807, 2.05) is 6.92 Å². The van der Waals surface area contributed by atoms with Gasteiger partial charge in [-0.3, -0.25) is 14.2 Å². The highest BCUT2D eigenvalue weighted by Crippen LogP contribution is 2.27. The number of aryl methyl sites for hydroxylation is 1. The first-order chi connectivity index (χ1) is 11.8. The second kappa shape index (κ2) is 6.62. The van der Waals surface area contributed by atoms with Crippen LogP contribution in [0.1, 0.15) is 32.0 Å². The molecule has 2 amide bonds. The molecule has 0 bridgehead atoms. The summed E-state index contributed by atoms with van der Waals surface area (Å²) in [4.78, 5) is 38.8. The molecule has 1 aromatic rings. The van der Waals surface area contributed by atoms with Crippen molar-refractivity contribution in [3.63, 3.8) is 0 Å². The third kappa shape index (κ3) is 3.33. The molecule has 3 heterocycles. The summed E-state index contributed by atoms with van der Waals surface area (Å²) in [6, 6.07) is -0.534. The van der Waals surface area contributed by atoms with Crippen molar-refractivity contribution in [1.82, 2.24) is 24.6 Å². The molecular formula is C16H25N5O4. The zero-order valence-corrected chi connectivity index (χ0v) is 14.9. The molecule has 1 unspecified atom stereocenters. The van der Waals surface area contributed by atoms with Crippen LogP contribution in [0.2, 0.25) is 0 Å². The molecule has 3 rings (SSSR count). The fourth-order valence-electron chi connectivity index (χ4n) is 3.19. The van der Waals surface area contributed by atoms with Gasteiger partial charge in [0.2, 0.25) is 11.8 Å². The number of aromatic nitrogens is 3. The zero-order chi connectivity index (χ0) is 18.2. The fourth-order valence-corrected chi connectivity index (χ4v) is 3.19. The third-order valence-electron chi connectivity index (χ3n) is 5.02. The van der Waals surface area contributed by atoms with Gasteiger partial charge in [0.25, 0.3) is 0 Å². The van der Waals surface area contributed by atoms with Crippen LogP contribution in [0.4, 0.5) is 0 Å². The van der Waals surface area contributed by atoms with Gasteiger partial charge in [-0.2, -0.15) is 5.10 Å². The number of carbonyl (C=O) groups excluding carboxylic acids is 2. The molecule has 0 aliphatic carbocycles. The van der Waals surface area contributed by atoms with Crippen LogP contribution >= 0.6 is 0 Å². The van der Waals surface area contributed by atoms with Crippen molar-refractivity contribution >= 4 is 11.8 Å². The molecule has 2 fully saturated rings. The van der Waals surface area contributed by atoms with Crippen molar-refractivity contribution in [2.24, 2.45) is 19.5 Å². The van der Waals surface area contributed by atoms with E-state index >= 15 is 0 Å². The van der Waals surface area contributed by atoms with Crippen molar-refractivity contribution in [2.75, 3.05) is 19.8 Å². The van der Waals surface area contributed by atoms with Gasteiger partial charge in [-0.1, -0.05) is 0 Å². The average molecular weight is 351 g/mol. The van der Waals surface area contributed by atoms with Crippen molar-refractivity contribution in [2.45, 2.75) is 38.8 Å². The molecule has 1 N–H and O–H groups in total. The van der Waals surface area contributed by atoms with Crippen LogP contribution in [-0.4, -0.2) is 56.9 Å². The van der Waals surface area contributed by atoms with Crippen molar-refractivity contribution in [3.05, 3.63) is 16.3 Å². The Morgan fingerprint density at radius 2 is 2.04 bits per heavy atom. The maximum absolute atomic E-state index is 12.9. The normalized spacial score (nSPS) is 23.1. The lowest BCUT2D eigenvalue weighted by molar-refractivity contribution is -0.160. The monoisotopic (exact) mass is 351 g/mol. The number of carbonyl (C=O) groups is 2. The Hall–Kier alpha value is -2.16. The predicted molar refractivity (Wildman–Crippen MR) is 88.6 cm³/mol. The summed E-state index contributed by atoms with van der Waals surface area (Å²) in [5.74, 6) is 0.282. The number of amides is 2. The minimum atomic E-state index is -0.539. The van der Waals surface area contributed by atoms with Gasteiger partial charge in [0.1, 0.15) is 6.04 Å². The lowest BCUT2D eigenvalue weighted by Crippen LogP contribution is -2.57. The van der Waals surface area contributed by atoms with Gasteiger partial charge in [-0.25, -0.2) is 9.48 Å². The van der Waals surface area contributed by atoms with E-state index in [0.29, 0.717) is 32.0 Å². The maximum Gasteiger partial charge on any atom is 0.345 e. The number of likely N-dealkylation sites (tertiary alicyclic amines) is 1. The van der Waals surface area contributed by atoms with Gasteiger partial charge in [0.05, 0.1) is 25.2 Å². The minimum Gasteiger partial charge on any atom is -0.379 e. The van der Waals surface area contributed by atoms with Gasteiger partial charge in [-0.15, -0.1) is 0 Å². The molecule has 0 saturated carbocycles. The molecule has 9 nitrogen and oxygen atoms in total. The highest BCUT2D eigenvalue weighted by Gasteiger charge is 2.43. The molecule has 0 radical (unpaired) electrons. The highest BCUT2D eigenvalue weighted by atomic mass is 16.5. The Bertz CT molecular complexity index is 733. The van der Waals surface area contributed by atoms with Crippen LogP contribution in [0.25, 0.3) is 0 Å². The number of rotatable bonds is 4. The van der Waals surface area contributed by atoms with Crippen LogP contribution in [0.15, 0.2) is 4.79 Å². The Kier molecular flexibility index (Phi) is 4.68. The van der Waals surface area contributed by atoms with E-state index in [0.717, 1.165) is 12.8 Å². The summed E-state index contributed by atoms with van der Waals surface area (Å²) >= 11 is 0. The molecule has 2 aliphatic rings. The number of hydrogen-bond acceptors (Lipinski definition) is 5. The summed E-state index contributed by atoms with van der Waals surface area (Å²) in [6.45, 7) is 3.47. The zero-order valence-electron chi connectivity index (χ0n) is 14.9. The second-order valence-electron chi connectivity index (χ2n) is 7.22. The summed E-state index contributed by atoms with van der Waals surface area (Å²) in [7, 11) is 3.23. The lowest BCUT2D eigenvalue weighted by atomic mass is 9.87. The number of nitrogens with one attached hydrogen (secondary N) is 1. The van der Waals surface area contributed by atoms with Crippen molar-refractivity contribution in [3.8, 4) is 0 Å². The SMILES string of the molecule is Cn1nc(CN2CCCCC(NC(=O)C3(C)COC3)C2=O)n(C)c1=O. The van der Waals surface area contributed by atoms with E-state index in [2.05, 4.69) is 10.4 Å². The topological polar surface area (TPSA) is 98.5 Å². The van der Waals surface area contributed by atoms with Crippen LogP contribution in [-0.2, 0) is 35.0 Å². The fraction of sp³-hybridized carbons (Fsp3) is 0.750. The van der Waals surface area contributed by atoms with E-state index < -0.39 is 11.5 Å². The third-order valence-corrected chi connectivity index (χ3v) is 5.02. The molecule has 25 heavy (non-hydrogen) atoms. The Balaban J connectivity index is 1.71. The molecule has 2 saturated heterocycles. The van der Waals surface area contributed by atoms with E-state index in [1.54, 1.807) is 19.0 Å². The smallest absolute Gasteiger partial charge is 0.345 e. The van der Waals surface area contributed by atoms with Gasteiger partial charge in [-0.05, 0) is 26.2 Å². The first-order valence-corrected chi connectivity index (χ1v) is 8.58. The number of ether oxygens (including phenoxy) is 1. The van der Waals surface area contributed by atoms with Gasteiger partial charge >= 0.3 is 5.69 Å². The van der Waals surface area contributed by atoms with Crippen LogP contribution in [0, 0.1) is 5.41 Å². The van der Waals surface area contributed by atoms with E-state index in [1.165, 1.54) is 9.25 Å². The lowest BCUT2D eigenvalue weighted by Gasteiger charge is -2.37. The summed E-state index contributed by atoms with van der Waals surface area (Å²) < 4.78 is 7.83. The minimum absolute atomic E-state index is 0.118. The summed E-state index contributed by atoms with van der Waals surface area (Å²) in [6.07, 6.45) is 2.35. The molecular weight excluding hydrogens is 326 g/mol. The number of hydrogen-bond donors (Lipinski definition) is 1. The Morgan fingerprint density at radius 3 is 2.60 bits per heavy atom. The van der Waals surface area contributed by atoms with E-state index in [9.17, 15) is 14.4 Å². The number of nitrogens with zero attached hydrogens (tertiary/aromatic N) is 4. The van der Waals surface area contributed by atoms with Gasteiger partial charge < -0.3 is 15.0 Å². The molecule has 1 aromatic heterocycles.